The number of carbonyl (C=O) groups excluding carboxylic acids is 1. The first-order valence-corrected chi connectivity index (χ1v) is 7.36. The average molecular weight is 309 g/mol. The number of rotatable bonds is 2. The number of nitrogens with zero attached hydrogens (tertiary/aromatic N) is 2. The molecule has 0 aromatic rings. The summed E-state index contributed by atoms with van der Waals surface area (Å²) >= 11 is 0. The minimum absolute atomic E-state index is 0.0381. The summed E-state index contributed by atoms with van der Waals surface area (Å²) in [6, 6.07) is 0. The maximum Gasteiger partial charge on any atom is 0.410 e. The van der Waals surface area contributed by atoms with E-state index < -0.39 is 11.6 Å². The molecule has 1 atom stereocenters. The number of carboxylic acids is 1. The van der Waals surface area contributed by atoms with E-state index in [2.05, 4.69) is 10.2 Å². The molecule has 0 aliphatic carbocycles. The first-order chi connectivity index (χ1) is 10.3. The minimum atomic E-state index is -0.947. The first-order valence-electron chi connectivity index (χ1n) is 7.36. The normalized spacial score (nSPS) is 22.8. The van der Waals surface area contributed by atoms with Crippen molar-refractivity contribution in [1.82, 2.24) is 15.1 Å². The molecule has 1 saturated heterocycles. The molecule has 1 amide bonds. The predicted molar refractivity (Wildman–Crippen MR) is 81.2 cm³/mol. The van der Waals surface area contributed by atoms with Gasteiger partial charge in [0.1, 0.15) is 5.60 Å². The van der Waals surface area contributed by atoms with E-state index in [0.29, 0.717) is 26.2 Å². The maximum absolute atomic E-state index is 12.0. The van der Waals surface area contributed by atoms with Crippen molar-refractivity contribution >= 4 is 12.1 Å². The molecule has 1 fully saturated rings. The highest BCUT2D eigenvalue weighted by Crippen LogP contribution is 2.14. The van der Waals surface area contributed by atoms with Crippen LogP contribution >= 0.6 is 0 Å². The van der Waals surface area contributed by atoms with Crippen LogP contribution in [0, 0.1) is 0 Å². The van der Waals surface area contributed by atoms with Crippen LogP contribution in [0.4, 0.5) is 4.79 Å². The van der Waals surface area contributed by atoms with Crippen LogP contribution in [0.5, 0.6) is 0 Å². The Morgan fingerprint density at radius 2 is 1.91 bits per heavy atom. The van der Waals surface area contributed by atoms with Crippen LogP contribution in [0.15, 0.2) is 23.9 Å². The quantitative estimate of drug-likeness (QED) is 0.792. The Balaban J connectivity index is 1.82. The summed E-state index contributed by atoms with van der Waals surface area (Å²) in [5.74, 6) is -0.947. The SMILES string of the molecule is CC(C)(C)OC(=O)N1CCN(C2C=CC(C(=O)O)=CN2)CC1. The number of amides is 1. The second kappa shape index (κ2) is 6.39. The van der Waals surface area contributed by atoms with Crippen LogP contribution in [0.2, 0.25) is 0 Å². The molecule has 7 heteroatoms. The van der Waals surface area contributed by atoms with Gasteiger partial charge in [0.25, 0.3) is 0 Å². The topological polar surface area (TPSA) is 82.1 Å². The molecule has 7 nitrogen and oxygen atoms in total. The Labute approximate surface area is 130 Å². The fourth-order valence-corrected chi connectivity index (χ4v) is 2.34. The number of ether oxygens (including phenoxy) is 1. The smallest absolute Gasteiger partial charge is 0.410 e. The van der Waals surface area contributed by atoms with E-state index in [1.165, 1.54) is 6.20 Å². The van der Waals surface area contributed by atoms with E-state index in [4.69, 9.17) is 9.84 Å². The maximum atomic E-state index is 12.0. The molecular formula is C15H23N3O4. The average Bonchev–Trinajstić information content (AvgIpc) is 2.46. The Hall–Kier alpha value is -2.02. The number of carbonyl (C=O) groups is 2. The van der Waals surface area contributed by atoms with Gasteiger partial charge in [0.2, 0.25) is 0 Å². The first kappa shape index (κ1) is 16.4. The highest BCUT2D eigenvalue weighted by atomic mass is 16.6. The molecule has 1 unspecified atom stereocenters. The molecule has 0 aromatic carbocycles. The molecule has 2 rings (SSSR count). The summed E-state index contributed by atoms with van der Waals surface area (Å²) in [6.45, 7) is 8.15. The zero-order valence-corrected chi connectivity index (χ0v) is 13.2. The van der Waals surface area contributed by atoms with Gasteiger partial charge in [-0.1, -0.05) is 0 Å². The fraction of sp³-hybridized carbons (Fsp3) is 0.600. The largest absolute Gasteiger partial charge is 0.478 e. The monoisotopic (exact) mass is 309 g/mol. The molecule has 0 aromatic heterocycles. The van der Waals surface area contributed by atoms with Gasteiger partial charge in [0, 0.05) is 32.4 Å². The van der Waals surface area contributed by atoms with Gasteiger partial charge in [-0.15, -0.1) is 0 Å². The lowest BCUT2D eigenvalue weighted by Crippen LogP contribution is -2.55. The van der Waals surface area contributed by atoms with Crippen molar-refractivity contribution in [3.05, 3.63) is 23.9 Å². The van der Waals surface area contributed by atoms with Gasteiger partial charge in [0.05, 0.1) is 11.7 Å². The number of carboxylic acid groups (broad SMARTS) is 1. The van der Waals surface area contributed by atoms with E-state index in [1.54, 1.807) is 11.0 Å². The predicted octanol–water partition coefficient (Wildman–Crippen LogP) is 0.993. The minimum Gasteiger partial charge on any atom is -0.478 e. The summed E-state index contributed by atoms with van der Waals surface area (Å²) < 4.78 is 5.36. The number of hydrogen-bond acceptors (Lipinski definition) is 5. The van der Waals surface area contributed by atoms with Crippen molar-refractivity contribution in [2.24, 2.45) is 0 Å². The van der Waals surface area contributed by atoms with Gasteiger partial charge >= 0.3 is 12.1 Å². The van der Waals surface area contributed by atoms with Crippen molar-refractivity contribution in [2.75, 3.05) is 26.2 Å². The van der Waals surface area contributed by atoms with Crippen LogP contribution in [-0.2, 0) is 9.53 Å². The summed E-state index contributed by atoms with van der Waals surface area (Å²) in [7, 11) is 0. The highest BCUT2D eigenvalue weighted by Gasteiger charge is 2.28. The molecular weight excluding hydrogens is 286 g/mol. The van der Waals surface area contributed by atoms with Crippen LogP contribution in [0.1, 0.15) is 20.8 Å². The third-order valence-electron chi connectivity index (χ3n) is 3.47. The number of piperazine rings is 1. The second-order valence-corrected chi connectivity index (χ2v) is 6.38. The number of aliphatic carboxylic acids is 1. The lowest BCUT2D eigenvalue weighted by atomic mass is 10.1. The Kier molecular flexibility index (Phi) is 4.75. The van der Waals surface area contributed by atoms with Gasteiger partial charge < -0.3 is 20.1 Å². The molecule has 2 aliphatic rings. The third-order valence-corrected chi connectivity index (χ3v) is 3.47. The standard InChI is InChI=1S/C15H23N3O4/c1-15(2,3)22-14(21)18-8-6-17(7-9-18)12-5-4-11(10-16-12)13(19)20/h4-5,10,12,16H,6-9H2,1-3H3,(H,19,20). The van der Waals surface area contributed by atoms with Crippen molar-refractivity contribution in [3.8, 4) is 0 Å². The van der Waals surface area contributed by atoms with Crippen LogP contribution in [0.3, 0.4) is 0 Å². The lowest BCUT2D eigenvalue weighted by molar-refractivity contribution is -0.132. The van der Waals surface area contributed by atoms with Crippen molar-refractivity contribution in [2.45, 2.75) is 32.5 Å². The molecule has 122 valence electrons. The summed E-state index contributed by atoms with van der Waals surface area (Å²) in [4.78, 5) is 26.7. The van der Waals surface area contributed by atoms with Crippen molar-refractivity contribution in [3.63, 3.8) is 0 Å². The van der Waals surface area contributed by atoms with Gasteiger partial charge in [-0.05, 0) is 32.9 Å². The Morgan fingerprint density at radius 1 is 1.27 bits per heavy atom. The lowest BCUT2D eigenvalue weighted by Gasteiger charge is -2.39. The fourth-order valence-electron chi connectivity index (χ4n) is 2.34. The molecule has 2 heterocycles. The summed E-state index contributed by atoms with van der Waals surface area (Å²) in [5.41, 5.74) is -0.247. The zero-order valence-electron chi connectivity index (χ0n) is 13.2. The number of dihydropyridines is 1. The van der Waals surface area contributed by atoms with Crippen LogP contribution in [0.25, 0.3) is 0 Å². The van der Waals surface area contributed by atoms with E-state index in [-0.39, 0.29) is 17.8 Å². The Morgan fingerprint density at radius 3 is 2.36 bits per heavy atom. The van der Waals surface area contributed by atoms with Gasteiger partial charge in [-0.25, -0.2) is 9.59 Å². The van der Waals surface area contributed by atoms with E-state index in [9.17, 15) is 9.59 Å². The van der Waals surface area contributed by atoms with Crippen LogP contribution in [-0.4, -0.2) is 64.9 Å². The van der Waals surface area contributed by atoms with Gasteiger partial charge in [-0.3, -0.25) is 4.90 Å². The molecule has 2 aliphatic heterocycles. The number of nitrogens with one attached hydrogen (secondary N) is 1. The van der Waals surface area contributed by atoms with E-state index >= 15 is 0 Å². The Bertz CT molecular complexity index is 499. The van der Waals surface area contributed by atoms with Crippen molar-refractivity contribution < 1.29 is 19.4 Å². The van der Waals surface area contributed by atoms with Crippen molar-refractivity contribution in [1.29, 1.82) is 0 Å². The van der Waals surface area contributed by atoms with E-state index in [0.717, 1.165) is 0 Å². The molecule has 22 heavy (non-hydrogen) atoms. The molecule has 0 saturated carbocycles. The zero-order chi connectivity index (χ0) is 16.3. The molecule has 0 bridgehead atoms. The molecule has 0 spiro atoms. The van der Waals surface area contributed by atoms with Gasteiger partial charge in [-0.2, -0.15) is 0 Å². The molecule has 2 N–H and O–H groups in total. The van der Waals surface area contributed by atoms with Gasteiger partial charge in [0.15, 0.2) is 0 Å². The highest BCUT2D eigenvalue weighted by molar-refractivity contribution is 5.89. The molecule has 0 radical (unpaired) electrons. The van der Waals surface area contributed by atoms with Crippen LogP contribution < -0.4 is 5.32 Å². The third kappa shape index (κ3) is 4.24. The number of hydrogen-bond donors (Lipinski definition) is 2. The summed E-state index contributed by atoms with van der Waals surface area (Å²) in [5, 5.41) is 12.0. The van der Waals surface area contributed by atoms with E-state index in [1.807, 2.05) is 26.8 Å². The summed E-state index contributed by atoms with van der Waals surface area (Å²) in [6.07, 6.45) is 4.61. The second-order valence-electron chi connectivity index (χ2n) is 6.38.